The summed E-state index contributed by atoms with van der Waals surface area (Å²) in [6, 6.07) is 16.7. The molecule has 0 radical (unpaired) electrons. The molecule has 0 aliphatic carbocycles. The van der Waals surface area contributed by atoms with E-state index in [2.05, 4.69) is 32.9 Å². The van der Waals surface area contributed by atoms with Crippen LogP contribution in [-0.2, 0) is 9.59 Å². The van der Waals surface area contributed by atoms with E-state index in [4.69, 9.17) is 12.2 Å². The second-order valence-electron chi connectivity index (χ2n) is 6.81. The van der Waals surface area contributed by atoms with Crippen LogP contribution in [0.4, 0.5) is 11.4 Å². The van der Waals surface area contributed by atoms with Gasteiger partial charge in [-0.1, -0.05) is 46.8 Å². The summed E-state index contributed by atoms with van der Waals surface area (Å²) in [6.07, 6.45) is 1.61. The number of carbonyl (C=O) groups is 2. The van der Waals surface area contributed by atoms with Crippen molar-refractivity contribution >= 4 is 62.2 Å². The summed E-state index contributed by atoms with van der Waals surface area (Å²) >= 11 is 8.62. The van der Waals surface area contributed by atoms with Crippen molar-refractivity contribution in [3.63, 3.8) is 0 Å². The Labute approximate surface area is 187 Å². The predicted octanol–water partition coefficient (Wildman–Crippen LogP) is 4.15. The van der Waals surface area contributed by atoms with Gasteiger partial charge < -0.3 is 0 Å². The van der Waals surface area contributed by atoms with E-state index in [0.717, 1.165) is 15.9 Å². The van der Waals surface area contributed by atoms with E-state index in [9.17, 15) is 9.59 Å². The van der Waals surface area contributed by atoms with Gasteiger partial charge in [0.1, 0.15) is 5.57 Å². The van der Waals surface area contributed by atoms with Gasteiger partial charge >= 0.3 is 0 Å². The molecule has 30 heavy (non-hydrogen) atoms. The van der Waals surface area contributed by atoms with E-state index in [-0.39, 0.29) is 16.6 Å². The maximum atomic E-state index is 13.2. The van der Waals surface area contributed by atoms with Crippen LogP contribution in [0.2, 0.25) is 0 Å². The van der Waals surface area contributed by atoms with Gasteiger partial charge in [0.25, 0.3) is 11.8 Å². The molecule has 1 saturated heterocycles. The molecule has 2 aliphatic heterocycles. The van der Waals surface area contributed by atoms with Crippen molar-refractivity contribution in [2.24, 2.45) is 11.0 Å². The van der Waals surface area contributed by atoms with Crippen LogP contribution in [0.5, 0.6) is 0 Å². The number of nitrogens with zero attached hydrogens (tertiary/aromatic N) is 3. The first-order chi connectivity index (χ1) is 14.4. The first-order valence-electron chi connectivity index (χ1n) is 9.13. The van der Waals surface area contributed by atoms with Crippen molar-refractivity contribution in [3.8, 4) is 0 Å². The first kappa shape index (κ1) is 20.2. The zero-order chi connectivity index (χ0) is 21.4. The summed E-state index contributed by atoms with van der Waals surface area (Å²) in [5.41, 5.74) is 2.83. The average molecular weight is 481 g/mol. The number of halogens is 1. The van der Waals surface area contributed by atoms with Crippen LogP contribution in [0.25, 0.3) is 0 Å². The van der Waals surface area contributed by atoms with Crippen LogP contribution >= 0.6 is 28.1 Å². The molecule has 2 aliphatic rings. The number of para-hydroxylation sites is 1. The van der Waals surface area contributed by atoms with Crippen LogP contribution < -0.4 is 15.2 Å². The molecule has 0 saturated carbocycles. The smallest absolute Gasteiger partial charge is 0.269 e. The number of amides is 2. The lowest BCUT2D eigenvalue weighted by molar-refractivity contribution is -0.122. The molecule has 1 fully saturated rings. The number of rotatable bonds is 3. The average Bonchev–Trinajstić information content (AvgIpc) is 3.01. The Kier molecular flexibility index (Phi) is 5.36. The third kappa shape index (κ3) is 3.59. The van der Waals surface area contributed by atoms with Crippen LogP contribution in [0.15, 0.2) is 88.1 Å². The Morgan fingerprint density at radius 3 is 2.43 bits per heavy atom. The van der Waals surface area contributed by atoms with Gasteiger partial charge in [0, 0.05) is 15.9 Å². The van der Waals surface area contributed by atoms with E-state index < -0.39 is 11.8 Å². The van der Waals surface area contributed by atoms with Crippen molar-refractivity contribution in [1.82, 2.24) is 5.32 Å². The van der Waals surface area contributed by atoms with E-state index >= 15 is 0 Å². The quantitative estimate of drug-likeness (QED) is 0.407. The topological polar surface area (TPSA) is 65.0 Å². The fourth-order valence-corrected chi connectivity index (χ4v) is 3.88. The second kappa shape index (κ2) is 7.97. The van der Waals surface area contributed by atoms with Gasteiger partial charge in [0.05, 0.1) is 17.3 Å². The Bertz CT molecular complexity index is 1130. The number of hydrogen-bond donors (Lipinski definition) is 1. The first-order valence-corrected chi connectivity index (χ1v) is 10.3. The maximum Gasteiger partial charge on any atom is 0.269 e. The van der Waals surface area contributed by atoms with Gasteiger partial charge in [-0.05, 0) is 55.5 Å². The largest absolute Gasteiger partial charge is 0.298 e. The number of carbonyl (C=O) groups excluding carboxylic acids is 2. The summed E-state index contributed by atoms with van der Waals surface area (Å²) in [4.78, 5) is 27.1. The third-order valence-corrected chi connectivity index (χ3v) is 5.67. The third-order valence-electron chi connectivity index (χ3n) is 4.86. The summed E-state index contributed by atoms with van der Waals surface area (Å²) in [5.74, 6) is -1.39. The van der Waals surface area contributed by atoms with Crippen LogP contribution in [-0.4, -0.2) is 22.6 Å². The molecule has 0 spiro atoms. The van der Waals surface area contributed by atoms with E-state index in [1.54, 1.807) is 35.4 Å². The summed E-state index contributed by atoms with van der Waals surface area (Å²) in [6.45, 7) is 5.99. The normalized spacial score (nSPS) is 20.7. The van der Waals surface area contributed by atoms with Crippen molar-refractivity contribution in [2.45, 2.75) is 6.92 Å². The lowest BCUT2D eigenvalue weighted by Crippen LogP contribution is -2.54. The number of thiocarbonyl (C=S) groups is 1. The zero-order valence-corrected chi connectivity index (χ0v) is 18.4. The summed E-state index contributed by atoms with van der Waals surface area (Å²) < 4.78 is 0.872. The zero-order valence-electron chi connectivity index (χ0n) is 16.0. The highest BCUT2D eigenvalue weighted by molar-refractivity contribution is 9.10. The van der Waals surface area contributed by atoms with Crippen molar-refractivity contribution in [1.29, 1.82) is 0 Å². The molecule has 2 heterocycles. The molecule has 0 bridgehead atoms. The number of anilines is 2. The van der Waals surface area contributed by atoms with Gasteiger partial charge in [-0.3, -0.25) is 19.8 Å². The predicted molar refractivity (Wildman–Crippen MR) is 125 cm³/mol. The van der Waals surface area contributed by atoms with E-state index in [1.807, 2.05) is 37.3 Å². The van der Waals surface area contributed by atoms with Crippen molar-refractivity contribution in [3.05, 3.63) is 83.0 Å². The van der Waals surface area contributed by atoms with Crippen LogP contribution in [0.1, 0.15) is 6.92 Å². The number of hydrazone groups is 1. The lowest BCUT2D eigenvalue weighted by Gasteiger charge is -2.29. The fourth-order valence-electron chi connectivity index (χ4n) is 3.34. The molecule has 1 atom stereocenters. The van der Waals surface area contributed by atoms with Gasteiger partial charge in [0.15, 0.2) is 5.11 Å². The fraction of sp³-hybridized carbons (Fsp3) is 0.0909. The van der Waals surface area contributed by atoms with Crippen molar-refractivity contribution < 1.29 is 9.59 Å². The van der Waals surface area contributed by atoms with E-state index in [0.29, 0.717) is 11.4 Å². The Morgan fingerprint density at radius 1 is 1.10 bits per heavy atom. The highest BCUT2D eigenvalue weighted by atomic mass is 79.9. The van der Waals surface area contributed by atoms with E-state index in [1.165, 1.54) is 4.90 Å². The molecule has 2 aromatic carbocycles. The number of benzene rings is 2. The molecule has 2 aromatic rings. The summed E-state index contributed by atoms with van der Waals surface area (Å²) in [7, 11) is 0. The minimum absolute atomic E-state index is 0.00197. The second-order valence-corrected chi connectivity index (χ2v) is 8.12. The Hall–Kier alpha value is -3.10. The van der Waals surface area contributed by atoms with Crippen molar-refractivity contribution in [2.75, 3.05) is 9.91 Å². The van der Waals surface area contributed by atoms with Gasteiger partial charge in [0.2, 0.25) is 0 Å². The molecule has 0 unspecified atom stereocenters. The number of hydrogen-bond acceptors (Lipinski definition) is 5. The lowest BCUT2D eigenvalue weighted by atomic mass is 9.97. The number of allylic oxidation sites excluding steroid dienone is 1. The highest BCUT2D eigenvalue weighted by Gasteiger charge is 2.37. The minimum atomic E-state index is -0.530. The molecule has 1 N–H and O–H groups in total. The molecule has 4 rings (SSSR count). The highest BCUT2D eigenvalue weighted by Crippen LogP contribution is 2.32. The number of nitrogens with one attached hydrogen (secondary N) is 1. The van der Waals surface area contributed by atoms with Gasteiger partial charge in [-0.15, -0.1) is 0 Å². The summed E-state index contributed by atoms with van der Waals surface area (Å²) in [5, 5.41) is 8.93. The Morgan fingerprint density at radius 2 is 1.77 bits per heavy atom. The molecule has 2 amide bonds. The Balaban J connectivity index is 1.67. The van der Waals surface area contributed by atoms with Crippen LogP contribution in [0, 0.1) is 5.92 Å². The van der Waals surface area contributed by atoms with Crippen LogP contribution in [0.3, 0.4) is 0 Å². The minimum Gasteiger partial charge on any atom is -0.298 e. The molecule has 8 heteroatoms. The van der Waals surface area contributed by atoms with Gasteiger partial charge in [-0.25, -0.2) is 5.01 Å². The maximum absolute atomic E-state index is 13.2. The molecular formula is C22H17BrN4O2S. The standard InChI is InChI=1S/C22H17BrN4O2S/c1-13-18(14(2)27(25-13)17-6-4-3-5-7-17)12-19-20(28)24-22(30)26(21(19)29)16-10-8-15(23)9-11-16/h3-12,18H,2H2,1H3,(H,24,28,30)/b19-12+/t18-/m1/s1. The molecule has 0 aromatic heterocycles. The molecule has 6 nitrogen and oxygen atoms in total. The molecular weight excluding hydrogens is 464 g/mol. The molecule has 150 valence electrons. The monoisotopic (exact) mass is 480 g/mol. The van der Waals surface area contributed by atoms with Gasteiger partial charge in [-0.2, -0.15) is 5.10 Å². The SMILES string of the molecule is C=C1[C@H](/C=C2\C(=O)NC(=S)N(c3ccc(Br)cc3)C2=O)C(C)=NN1c1ccccc1.